The predicted molar refractivity (Wildman–Crippen MR) is 106 cm³/mol. The summed E-state index contributed by atoms with van der Waals surface area (Å²) in [6.45, 7) is 1.85. The number of phenols is 1. The molecule has 10 heteroatoms. The monoisotopic (exact) mass is 423 g/mol. The van der Waals surface area contributed by atoms with Gasteiger partial charge in [0.05, 0.1) is 10.0 Å². The summed E-state index contributed by atoms with van der Waals surface area (Å²) in [5, 5.41) is 30.7. The highest BCUT2D eigenvalue weighted by atomic mass is 35.5. The first-order chi connectivity index (χ1) is 13.0. The van der Waals surface area contributed by atoms with E-state index in [2.05, 4.69) is 20.4 Å². The molecule has 0 aliphatic carbocycles. The smallest absolute Gasteiger partial charge is 0.268 e. The lowest BCUT2D eigenvalue weighted by atomic mass is 10.1. The van der Waals surface area contributed by atoms with Crippen molar-refractivity contribution in [2.24, 2.45) is 0 Å². The molecule has 0 bridgehead atoms. The molecule has 0 unspecified atom stereocenters. The molecule has 1 amide bonds. The summed E-state index contributed by atoms with van der Waals surface area (Å²) in [5.74, 6) is -0.864. The number of phenolic OH excluding ortho intramolecular Hbond substituents is 1. The molecule has 0 radical (unpaired) electrons. The molecule has 1 fully saturated rings. The summed E-state index contributed by atoms with van der Waals surface area (Å²) in [5.41, 5.74) is 0.267. The lowest BCUT2D eigenvalue weighted by Gasteiger charge is -2.25. The van der Waals surface area contributed by atoms with Gasteiger partial charge in [-0.05, 0) is 43.0 Å². The quantitative estimate of drug-likeness (QED) is 0.566. The molecule has 7 nitrogen and oxygen atoms in total. The number of amides is 1. The van der Waals surface area contributed by atoms with E-state index >= 15 is 0 Å². The number of nitrogens with one attached hydrogen (secondary N) is 1. The van der Waals surface area contributed by atoms with Gasteiger partial charge in [-0.2, -0.15) is 5.26 Å². The number of carbonyl (C=O) groups excluding carboxylic acids is 1. The van der Waals surface area contributed by atoms with E-state index < -0.39 is 5.91 Å². The number of nitriles is 1. The van der Waals surface area contributed by atoms with Crippen LogP contribution in [0.2, 0.25) is 10.0 Å². The van der Waals surface area contributed by atoms with Gasteiger partial charge in [-0.15, -0.1) is 10.2 Å². The molecule has 3 rings (SSSR count). The van der Waals surface area contributed by atoms with Crippen LogP contribution < -0.4 is 10.2 Å². The number of halogens is 2. The van der Waals surface area contributed by atoms with Gasteiger partial charge < -0.3 is 10.0 Å². The van der Waals surface area contributed by atoms with Gasteiger partial charge in [0.25, 0.3) is 5.91 Å². The Balaban J connectivity index is 1.74. The van der Waals surface area contributed by atoms with Gasteiger partial charge in [0.2, 0.25) is 10.3 Å². The third kappa shape index (κ3) is 4.69. The molecule has 1 aliphatic heterocycles. The summed E-state index contributed by atoms with van der Waals surface area (Å²) < 4.78 is 0. The second kappa shape index (κ2) is 8.57. The van der Waals surface area contributed by atoms with Crippen molar-refractivity contribution < 1.29 is 9.90 Å². The van der Waals surface area contributed by atoms with Crippen LogP contribution in [0.25, 0.3) is 6.08 Å². The Bertz CT molecular complexity index is 909. The maximum absolute atomic E-state index is 12.4. The van der Waals surface area contributed by atoms with Gasteiger partial charge in [0, 0.05) is 13.1 Å². The van der Waals surface area contributed by atoms with Crippen LogP contribution in [-0.4, -0.2) is 34.3 Å². The van der Waals surface area contributed by atoms with Gasteiger partial charge in [-0.3, -0.25) is 10.1 Å². The van der Waals surface area contributed by atoms with Crippen LogP contribution in [0, 0.1) is 11.3 Å². The molecule has 2 heterocycles. The molecule has 2 aromatic rings. The van der Waals surface area contributed by atoms with E-state index in [1.165, 1.54) is 36.0 Å². The van der Waals surface area contributed by atoms with Gasteiger partial charge in [0.15, 0.2) is 5.75 Å². The molecule has 1 aromatic heterocycles. The topological polar surface area (TPSA) is 102 Å². The number of anilines is 2. The van der Waals surface area contributed by atoms with Gasteiger partial charge in [-0.25, -0.2) is 0 Å². The van der Waals surface area contributed by atoms with Crippen molar-refractivity contribution in [2.75, 3.05) is 23.3 Å². The first kappa shape index (κ1) is 19.4. The average molecular weight is 424 g/mol. The van der Waals surface area contributed by atoms with E-state index in [1.807, 2.05) is 6.07 Å². The predicted octanol–water partition coefficient (Wildman–Crippen LogP) is 4.09. The zero-order valence-corrected chi connectivity index (χ0v) is 16.4. The Labute approximate surface area is 169 Å². The van der Waals surface area contributed by atoms with Crippen molar-refractivity contribution in [3.8, 4) is 11.8 Å². The number of nitrogens with zero attached hydrogens (tertiary/aromatic N) is 4. The minimum absolute atomic E-state index is 0.0294. The SMILES string of the molecule is N#C/C(=C/c1cc(Cl)c(O)c(Cl)c1)C(=O)Nc1nnc(N2CCCCC2)s1. The van der Waals surface area contributed by atoms with Crippen molar-refractivity contribution >= 4 is 56.8 Å². The molecule has 0 saturated carbocycles. The number of hydrogen-bond donors (Lipinski definition) is 2. The molecular weight excluding hydrogens is 409 g/mol. The van der Waals surface area contributed by atoms with E-state index in [4.69, 9.17) is 23.2 Å². The summed E-state index contributed by atoms with van der Waals surface area (Å²) >= 11 is 13.0. The first-order valence-electron chi connectivity index (χ1n) is 8.17. The number of aromatic nitrogens is 2. The molecule has 1 saturated heterocycles. The number of carbonyl (C=O) groups is 1. The Morgan fingerprint density at radius 1 is 1.26 bits per heavy atom. The number of hydrogen-bond acceptors (Lipinski definition) is 7. The van der Waals surface area contributed by atoms with Crippen molar-refractivity contribution in [1.82, 2.24) is 10.2 Å². The lowest BCUT2D eigenvalue weighted by Crippen LogP contribution is -2.29. The van der Waals surface area contributed by atoms with Crippen LogP contribution in [0.4, 0.5) is 10.3 Å². The first-order valence-corrected chi connectivity index (χ1v) is 9.75. The fourth-order valence-corrected chi connectivity index (χ4v) is 3.92. The molecule has 1 aliphatic rings. The Hall–Kier alpha value is -2.34. The van der Waals surface area contributed by atoms with E-state index in [-0.39, 0.29) is 21.4 Å². The van der Waals surface area contributed by atoms with Crippen LogP contribution in [0.15, 0.2) is 17.7 Å². The number of benzene rings is 1. The number of rotatable bonds is 4. The largest absolute Gasteiger partial charge is 0.505 e. The van der Waals surface area contributed by atoms with Crippen molar-refractivity contribution in [3.05, 3.63) is 33.3 Å². The zero-order chi connectivity index (χ0) is 19.4. The molecule has 27 heavy (non-hydrogen) atoms. The fourth-order valence-electron chi connectivity index (χ4n) is 2.63. The summed E-state index contributed by atoms with van der Waals surface area (Å²) in [6.07, 6.45) is 4.76. The summed E-state index contributed by atoms with van der Waals surface area (Å²) in [7, 11) is 0. The van der Waals surface area contributed by atoms with Crippen molar-refractivity contribution in [1.29, 1.82) is 5.26 Å². The van der Waals surface area contributed by atoms with E-state index in [1.54, 1.807) is 0 Å². The summed E-state index contributed by atoms with van der Waals surface area (Å²) in [6, 6.07) is 4.66. The third-order valence-electron chi connectivity index (χ3n) is 3.98. The average Bonchev–Trinajstić information content (AvgIpc) is 3.13. The number of aromatic hydroxyl groups is 1. The molecular formula is C17H15Cl2N5O2S. The van der Waals surface area contributed by atoms with Gasteiger partial charge in [0.1, 0.15) is 11.6 Å². The molecule has 140 valence electrons. The molecule has 2 N–H and O–H groups in total. The van der Waals surface area contributed by atoms with Crippen LogP contribution in [0.3, 0.4) is 0 Å². The number of piperidine rings is 1. The second-order valence-electron chi connectivity index (χ2n) is 5.89. The van der Waals surface area contributed by atoms with E-state index in [0.717, 1.165) is 31.1 Å². The highest BCUT2D eigenvalue weighted by Crippen LogP contribution is 2.33. The highest BCUT2D eigenvalue weighted by Gasteiger charge is 2.18. The van der Waals surface area contributed by atoms with Gasteiger partial charge in [-0.1, -0.05) is 34.5 Å². The van der Waals surface area contributed by atoms with E-state index in [0.29, 0.717) is 10.7 Å². The Morgan fingerprint density at radius 3 is 2.56 bits per heavy atom. The Kier molecular flexibility index (Phi) is 6.16. The minimum atomic E-state index is -0.612. The van der Waals surface area contributed by atoms with Crippen molar-refractivity contribution in [3.63, 3.8) is 0 Å². The maximum atomic E-state index is 12.4. The van der Waals surface area contributed by atoms with Gasteiger partial charge >= 0.3 is 0 Å². The lowest BCUT2D eigenvalue weighted by molar-refractivity contribution is -0.112. The van der Waals surface area contributed by atoms with E-state index in [9.17, 15) is 15.2 Å². The van der Waals surface area contributed by atoms with Crippen LogP contribution in [0.5, 0.6) is 5.75 Å². The minimum Gasteiger partial charge on any atom is -0.505 e. The third-order valence-corrected chi connectivity index (χ3v) is 5.45. The molecule has 0 atom stereocenters. The standard InChI is InChI=1S/C17H15Cl2N5O2S/c18-12-7-10(8-13(19)14(12)25)6-11(9-20)15(26)21-16-22-23-17(27-16)24-4-2-1-3-5-24/h6-8,25H,1-5H2,(H,21,22,26)/b11-6-. The molecule has 0 spiro atoms. The normalized spacial score (nSPS) is 14.7. The maximum Gasteiger partial charge on any atom is 0.268 e. The Morgan fingerprint density at radius 2 is 1.93 bits per heavy atom. The van der Waals surface area contributed by atoms with Crippen molar-refractivity contribution in [2.45, 2.75) is 19.3 Å². The fraction of sp³-hybridized carbons (Fsp3) is 0.294. The van der Waals surface area contributed by atoms with Crippen LogP contribution >= 0.6 is 34.5 Å². The van der Waals surface area contributed by atoms with Crippen LogP contribution in [-0.2, 0) is 4.79 Å². The van der Waals surface area contributed by atoms with Crippen LogP contribution in [0.1, 0.15) is 24.8 Å². The second-order valence-corrected chi connectivity index (χ2v) is 7.66. The highest BCUT2D eigenvalue weighted by molar-refractivity contribution is 7.19. The zero-order valence-electron chi connectivity index (χ0n) is 14.1. The molecule has 1 aromatic carbocycles. The summed E-state index contributed by atoms with van der Waals surface area (Å²) in [4.78, 5) is 14.5.